The van der Waals surface area contributed by atoms with Crippen molar-refractivity contribution >= 4 is 33.4 Å². The predicted octanol–water partition coefficient (Wildman–Crippen LogP) is 7.60. The molecule has 380 valence electrons. The first-order valence-corrected chi connectivity index (χ1v) is 26.3. The number of aliphatic hydroxyl groups excluding tert-OH is 3. The Balaban J connectivity index is 1.88. The standard InChI is InChI=1S/C46H75N3O16P2/c1-4-5-6-7-17-22-27-37(50)28-23-18-13-9-11-15-20-25-30-42(52)63-38(33-60-41(51)29-24-19-14-10-8-12-16-21-26-36(2)3)34-61-66(56,57)65-67(58,59)62-35-39-43(53)44(54)45(64-39)49-32-31-40(47)48-46(49)55/h5-6,11,13,15,17-18,22-23,28,31-32,36-39,43-45,50,53-54H,4,7-10,12,14,16,19-21,24-27,29-30,33-35H2,1-3H3,(H,56,57)(H,58,59)(H2,47,48,55)/b6-5-,15-11-,18-13-,22-17-,28-23+/t37?,38-,39-,43-,44-,45-/m1/s1. The number of ether oxygens (including phenoxy) is 3. The molecule has 0 radical (unpaired) electrons. The quantitative estimate of drug-likeness (QED) is 0.0124. The summed E-state index contributed by atoms with van der Waals surface area (Å²) in [4.78, 5) is 61.7. The summed E-state index contributed by atoms with van der Waals surface area (Å²) < 4.78 is 56.5. The second-order valence-electron chi connectivity index (χ2n) is 16.6. The van der Waals surface area contributed by atoms with E-state index in [0.717, 1.165) is 49.3 Å². The van der Waals surface area contributed by atoms with Crippen LogP contribution < -0.4 is 11.4 Å². The fraction of sp³-hybridized carbons (Fsp3) is 0.652. The minimum absolute atomic E-state index is 0.0621. The summed E-state index contributed by atoms with van der Waals surface area (Å²) in [5, 5.41) is 30.9. The van der Waals surface area contributed by atoms with Crippen LogP contribution in [0.25, 0.3) is 0 Å². The highest BCUT2D eigenvalue weighted by Gasteiger charge is 2.46. The summed E-state index contributed by atoms with van der Waals surface area (Å²) in [5.74, 6) is -0.709. The largest absolute Gasteiger partial charge is 0.481 e. The first-order valence-electron chi connectivity index (χ1n) is 23.3. The van der Waals surface area contributed by atoms with Gasteiger partial charge in [-0.3, -0.25) is 23.2 Å². The predicted molar refractivity (Wildman–Crippen MR) is 253 cm³/mol. The Morgan fingerprint density at radius 1 is 0.836 bits per heavy atom. The van der Waals surface area contributed by atoms with E-state index in [0.29, 0.717) is 38.0 Å². The average molecular weight is 988 g/mol. The molecular weight excluding hydrogens is 912 g/mol. The highest BCUT2D eigenvalue weighted by atomic mass is 31.3. The van der Waals surface area contributed by atoms with Crippen LogP contribution >= 0.6 is 15.6 Å². The third-order valence-corrected chi connectivity index (χ3v) is 12.7. The number of allylic oxidation sites excluding steroid dienone is 8. The van der Waals surface area contributed by atoms with Crippen LogP contribution in [0.1, 0.15) is 136 Å². The molecule has 0 aromatic carbocycles. The minimum atomic E-state index is -5.45. The second-order valence-corrected chi connectivity index (χ2v) is 19.6. The van der Waals surface area contributed by atoms with E-state index in [1.807, 2.05) is 36.5 Å². The van der Waals surface area contributed by atoms with Gasteiger partial charge in [-0.05, 0) is 56.9 Å². The maximum atomic E-state index is 12.8. The van der Waals surface area contributed by atoms with Gasteiger partial charge in [0.05, 0.1) is 19.3 Å². The first kappa shape index (κ1) is 59.5. The molecule has 0 saturated carbocycles. The summed E-state index contributed by atoms with van der Waals surface area (Å²) in [6, 6.07) is 1.24. The van der Waals surface area contributed by atoms with Crippen molar-refractivity contribution in [2.75, 3.05) is 25.6 Å². The van der Waals surface area contributed by atoms with E-state index in [1.165, 1.54) is 31.7 Å². The number of nitrogens with two attached hydrogens (primary N) is 1. The maximum absolute atomic E-state index is 12.8. The Morgan fingerprint density at radius 3 is 2.18 bits per heavy atom. The molecule has 1 aromatic rings. The van der Waals surface area contributed by atoms with E-state index in [9.17, 15) is 48.6 Å². The molecule has 2 heterocycles. The molecule has 0 aliphatic carbocycles. The number of nitrogen functional groups attached to an aromatic ring is 1. The molecule has 8 atom stereocenters. The van der Waals surface area contributed by atoms with Crippen molar-refractivity contribution < 1.29 is 71.4 Å². The number of phosphoric ester groups is 2. The van der Waals surface area contributed by atoms with Gasteiger partial charge in [-0.1, -0.05) is 133 Å². The number of anilines is 1. The molecule has 1 aliphatic heterocycles. The maximum Gasteiger partial charge on any atom is 0.481 e. The Labute approximate surface area is 395 Å². The monoisotopic (exact) mass is 987 g/mol. The van der Waals surface area contributed by atoms with Crippen LogP contribution in [0.2, 0.25) is 0 Å². The number of esters is 2. The first-order chi connectivity index (χ1) is 31.9. The molecule has 0 bridgehead atoms. The lowest BCUT2D eigenvalue weighted by atomic mass is 10.0. The topological polar surface area (TPSA) is 286 Å². The Bertz CT molecular complexity index is 1890. The van der Waals surface area contributed by atoms with Gasteiger partial charge in [0, 0.05) is 19.0 Å². The molecule has 21 heteroatoms. The van der Waals surface area contributed by atoms with Crippen LogP contribution in [0.5, 0.6) is 0 Å². The molecule has 1 fully saturated rings. The molecule has 0 amide bonds. The van der Waals surface area contributed by atoms with Crippen LogP contribution in [0.4, 0.5) is 5.82 Å². The van der Waals surface area contributed by atoms with E-state index in [2.05, 4.69) is 42.2 Å². The zero-order valence-electron chi connectivity index (χ0n) is 39.2. The Morgan fingerprint density at radius 2 is 1.48 bits per heavy atom. The molecule has 19 nitrogen and oxygen atoms in total. The van der Waals surface area contributed by atoms with Crippen molar-refractivity contribution in [3.05, 3.63) is 83.5 Å². The van der Waals surface area contributed by atoms with E-state index in [-0.39, 0.29) is 18.7 Å². The molecule has 67 heavy (non-hydrogen) atoms. The van der Waals surface area contributed by atoms with Crippen LogP contribution in [0.3, 0.4) is 0 Å². The number of nitrogens with zero attached hydrogens (tertiary/aromatic N) is 2. The van der Waals surface area contributed by atoms with Crippen molar-refractivity contribution in [1.82, 2.24) is 9.55 Å². The highest BCUT2D eigenvalue weighted by Crippen LogP contribution is 2.60. The summed E-state index contributed by atoms with van der Waals surface area (Å²) in [7, 11) is -10.9. The average Bonchev–Trinajstić information content (AvgIpc) is 3.54. The van der Waals surface area contributed by atoms with E-state index < -0.39 is 89.8 Å². The molecule has 3 unspecified atom stereocenters. The smallest absolute Gasteiger partial charge is 0.462 e. The summed E-state index contributed by atoms with van der Waals surface area (Å²) in [6.45, 7) is 4.11. The van der Waals surface area contributed by atoms with Crippen LogP contribution in [-0.4, -0.2) is 96.9 Å². The molecule has 1 aliphatic rings. The fourth-order valence-corrected chi connectivity index (χ4v) is 8.61. The number of phosphoric acid groups is 2. The van der Waals surface area contributed by atoms with Crippen molar-refractivity contribution in [2.45, 2.75) is 167 Å². The Kier molecular flexibility index (Phi) is 30.1. The molecule has 1 aromatic heterocycles. The SMILES string of the molecule is CC/C=C\C/C=C\CC(O)/C=C/C=C\C/C=C\CCCC(=O)O[C@H](COC(=O)CCCCCCCCCCC(C)C)COP(=O)(O)OP(=O)(O)OC[C@H]1O[C@@H](n2ccc(N)nc2=O)[C@H](O)[C@@H]1O. The molecule has 1 saturated heterocycles. The summed E-state index contributed by atoms with van der Waals surface area (Å²) in [5.41, 5.74) is 4.57. The van der Waals surface area contributed by atoms with Gasteiger partial charge in [-0.2, -0.15) is 9.29 Å². The number of hydrogen-bond acceptors (Lipinski definition) is 16. The lowest BCUT2D eigenvalue weighted by Crippen LogP contribution is -2.36. The van der Waals surface area contributed by atoms with Gasteiger partial charge in [0.25, 0.3) is 0 Å². The minimum Gasteiger partial charge on any atom is -0.462 e. The second kappa shape index (κ2) is 33.8. The van der Waals surface area contributed by atoms with E-state index >= 15 is 0 Å². The van der Waals surface area contributed by atoms with Crippen molar-refractivity contribution in [3.63, 3.8) is 0 Å². The fourth-order valence-electron chi connectivity index (χ4n) is 6.50. The number of rotatable bonds is 36. The lowest BCUT2D eigenvalue weighted by molar-refractivity contribution is -0.161. The zero-order chi connectivity index (χ0) is 49.5. The third kappa shape index (κ3) is 27.9. The van der Waals surface area contributed by atoms with Gasteiger partial charge >= 0.3 is 33.3 Å². The number of aliphatic hydroxyl groups is 3. The molecule has 7 N–H and O–H groups in total. The number of aromatic nitrogens is 2. The molecule has 0 spiro atoms. The van der Waals surface area contributed by atoms with Gasteiger partial charge in [0.1, 0.15) is 30.7 Å². The number of carbonyl (C=O) groups excluding carboxylic acids is 2. The number of carbonyl (C=O) groups is 2. The van der Waals surface area contributed by atoms with Gasteiger partial charge < -0.3 is 45.1 Å². The zero-order valence-corrected chi connectivity index (χ0v) is 41.0. The van der Waals surface area contributed by atoms with Gasteiger partial charge in [-0.25, -0.2) is 13.9 Å². The lowest BCUT2D eigenvalue weighted by Gasteiger charge is -2.21. The number of hydrogen-bond donors (Lipinski definition) is 6. The van der Waals surface area contributed by atoms with Crippen LogP contribution in [-0.2, 0) is 46.3 Å². The summed E-state index contributed by atoms with van der Waals surface area (Å²) in [6.07, 6.45) is 25.2. The third-order valence-electron chi connectivity index (χ3n) is 10.1. The van der Waals surface area contributed by atoms with Crippen molar-refractivity contribution in [2.24, 2.45) is 5.92 Å². The van der Waals surface area contributed by atoms with Crippen LogP contribution in [0.15, 0.2) is 77.8 Å². The van der Waals surface area contributed by atoms with E-state index in [4.69, 9.17) is 29.0 Å². The molecular formula is C46H75N3O16P2. The summed E-state index contributed by atoms with van der Waals surface area (Å²) >= 11 is 0. The van der Waals surface area contributed by atoms with Gasteiger partial charge in [0.2, 0.25) is 0 Å². The van der Waals surface area contributed by atoms with Crippen molar-refractivity contribution in [3.8, 4) is 0 Å². The molecule has 2 rings (SSSR count). The van der Waals surface area contributed by atoms with Crippen molar-refractivity contribution in [1.29, 1.82) is 0 Å². The van der Waals surface area contributed by atoms with Gasteiger partial charge in [-0.15, -0.1) is 0 Å². The Hall–Kier alpha value is -3.58. The van der Waals surface area contributed by atoms with Crippen LogP contribution in [0, 0.1) is 5.92 Å². The number of unbranched alkanes of at least 4 members (excludes halogenated alkanes) is 8. The normalized spacial score (nSPS) is 20.7. The van der Waals surface area contributed by atoms with Gasteiger partial charge in [0.15, 0.2) is 12.3 Å². The van der Waals surface area contributed by atoms with E-state index in [1.54, 1.807) is 12.2 Å². The highest BCUT2D eigenvalue weighted by molar-refractivity contribution is 7.61.